The van der Waals surface area contributed by atoms with Gasteiger partial charge in [0.05, 0.1) is 5.92 Å². The molecule has 0 aromatic rings. The molecule has 6 heteroatoms. The highest BCUT2D eigenvalue weighted by atomic mass is 16.4. The van der Waals surface area contributed by atoms with Crippen molar-refractivity contribution in [3.05, 3.63) is 0 Å². The van der Waals surface area contributed by atoms with Gasteiger partial charge in [0.25, 0.3) is 0 Å². The zero-order chi connectivity index (χ0) is 12.3. The van der Waals surface area contributed by atoms with Gasteiger partial charge in [0.2, 0.25) is 5.91 Å². The molecule has 1 saturated heterocycles. The molecule has 0 bridgehead atoms. The molecule has 3 amide bonds. The summed E-state index contributed by atoms with van der Waals surface area (Å²) in [5, 5.41) is 11.4. The van der Waals surface area contributed by atoms with Crippen molar-refractivity contribution in [2.45, 2.75) is 32.7 Å². The Balaban J connectivity index is 2.57. The van der Waals surface area contributed by atoms with E-state index in [0.29, 0.717) is 6.42 Å². The quantitative estimate of drug-likeness (QED) is 0.717. The van der Waals surface area contributed by atoms with Crippen LogP contribution in [0.15, 0.2) is 0 Å². The van der Waals surface area contributed by atoms with Crippen molar-refractivity contribution in [2.24, 2.45) is 5.92 Å². The number of urea groups is 1. The summed E-state index contributed by atoms with van der Waals surface area (Å²) in [6, 6.07) is -0.485. The Kier molecular flexibility index (Phi) is 3.87. The molecule has 0 aromatic carbocycles. The number of carboxylic acids is 1. The van der Waals surface area contributed by atoms with Crippen LogP contribution in [-0.2, 0) is 9.59 Å². The van der Waals surface area contributed by atoms with Crippen LogP contribution in [0.5, 0.6) is 0 Å². The Hall–Kier alpha value is -1.59. The predicted molar refractivity (Wildman–Crippen MR) is 55.7 cm³/mol. The summed E-state index contributed by atoms with van der Waals surface area (Å²) in [6.07, 6.45) is 0.230. The van der Waals surface area contributed by atoms with Crippen LogP contribution in [-0.4, -0.2) is 40.5 Å². The van der Waals surface area contributed by atoms with Crippen molar-refractivity contribution in [3.63, 3.8) is 0 Å². The fraction of sp³-hybridized carbons (Fsp3) is 0.700. The van der Waals surface area contributed by atoms with E-state index < -0.39 is 23.8 Å². The number of likely N-dealkylation sites (tertiary alicyclic amines) is 1. The summed E-state index contributed by atoms with van der Waals surface area (Å²) < 4.78 is 0. The Morgan fingerprint density at radius 3 is 2.56 bits per heavy atom. The molecule has 0 aromatic heterocycles. The van der Waals surface area contributed by atoms with Crippen LogP contribution in [0.4, 0.5) is 4.79 Å². The van der Waals surface area contributed by atoms with Crippen molar-refractivity contribution in [2.75, 3.05) is 6.54 Å². The largest absolute Gasteiger partial charge is 0.481 e. The zero-order valence-electron chi connectivity index (χ0n) is 9.40. The number of nitrogens with one attached hydrogen (secondary N) is 1. The highest BCUT2D eigenvalue weighted by Crippen LogP contribution is 2.18. The van der Waals surface area contributed by atoms with Gasteiger partial charge in [-0.1, -0.05) is 0 Å². The Bertz CT molecular complexity index is 314. The average Bonchev–Trinajstić information content (AvgIpc) is 2.15. The van der Waals surface area contributed by atoms with E-state index in [0.717, 1.165) is 4.90 Å². The lowest BCUT2D eigenvalue weighted by atomic mass is 9.97. The van der Waals surface area contributed by atoms with Crippen LogP contribution >= 0.6 is 0 Å². The molecule has 6 nitrogen and oxygen atoms in total. The van der Waals surface area contributed by atoms with Gasteiger partial charge in [0.1, 0.15) is 0 Å². The smallest absolute Gasteiger partial charge is 0.324 e. The van der Waals surface area contributed by atoms with Crippen molar-refractivity contribution in [1.82, 2.24) is 10.2 Å². The number of hydrogen-bond acceptors (Lipinski definition) is 3. The third kappa shape index (κ3) is 2.95. The van der Waals surface area contributed by atoms with Crippen LogP contribution in [0.1, 0.15) is 26.7 Å². The van der Waals surface area contributed by atoms with Crippen LogP contribution < -0.4 is 5.32 Å². The second-order valence-corrected chi connectivity index (χ2v) is 4.18. The van der Waals surface area contributed by atoms with Gasteiger partial charge in [-0.25, -0.2) is 4.79 Å². The van der Waals surface area contributed by atoms with Gasteiger partial charge in [0.15, 0.2) is 0 Å². The molecule has 1 heterocycles. The molecule has 0 spiro atoms. The highest BCUT2D eigenvalue weighted by Gasteiger charge is 2.33. The van der Waals surface area contributed by atoms with E-state index in [1.54, 1.807) is 13.8 Å². The first kappa shape index (κ1) is 12.5. The summed E-state index contributed by atoms with van der Waals surface area (Å²) in [5.74, 6) is -2.05. The van der Waals surface area contributed by atoms with E-state index in [1.165, 1.54) is 0 Å². The second-order valence-electron chi connectivity index (χ2n) is 4.18. The average molecular weight is 228 g/mol. The molecule has 1 fully saturated rings. The molecule has 1 atom stereocenters. The number of piperidine rings is 1. The third-order valence-corrected chi connectivity index (χ3v) is 2.43. The molecular formula is C10H16N2O4. The zero-order valence-corrected chi connectivity index (χ0v) is 9.40. The van der Waals surface area contributed by atoms with Crippen LogP contribution in [0, 0.1) is 5.92 Å². The summed E-state index contributed by atoms with van der Waals surface area (Å²) in [6.45, 7) is 3.77. The number of rotatable bonds is 2. The van der Waals surface area contributed by atoms with Crippen molar-refractivity contribution in [3.8, 4) is 0 Å². The number of nitrogens with zero attached hydrogens (tertiary/aromatic N) is 1. The number of aliphatic carboxylic acids is 1. The molecule has 1 rings (SSSR count). The lowest BCUT2D eigenvalue weighted by molar-refractivity contribution is -0.148. The molecule has 0 saturated carbocycles. The Labute approximate surface area is 93.6 Å². The highest BCUT2D eigenvalue weighted by molar-refractivity contribution is 5.96. The summed E-state index contributed by atoms with van der Waals surface area (Å²) in [5.41, 5.74) is 0. The van der Waals surface area contributed by atoms with E-state index in [9.17, 15) is 14.4 Å². The second kappa shape index (κ2) is 4.96. The van der Waals surface area contributed by atoms with E-state index >= 15 is 0 Å². The molecule has 0 aliphatic carbocycles. The normalized spacial score (nSPS) is 21.1. The maximum absolute atomic E-state index is 11.5. The number of carboxylic acid groups (broad SMARTS) is 1. The number of imide groups is 1. The predicted octanol–water partition coefficient (Wildman–Crippen LogP) is 0.428. The van der Waals surface area contributed by atoms with Gasteiger partial charge in [-0.3, -0.25) is 14.5 Å². The molecule has 1 unspecified atom stereocenters. The first-order chi connectivity index (χ1) is 7.41. The minimum atomic E-state index is -0.975. The van der Waals surface area contributed by atoms with Crippen molar-refractivity contribution in [1.29, 1.82) is 0 Å². The maximum Gasteiger partial charge on any atom is 0.324 e. The lowest BCUT2D eigenvalue weighted by Crippen LogP contribution is -2.50. The standard InChI is InChI=1S/C10H16N2O4/c1-6(2)11-10(16)12-4-3-7(9(14)15)5-8(12)13/h6-7H,3-5H2,1-2H3,(H,11,16)(H,14,15). The molecule has 1 aliphatic rings. The van der Waals surface area contributed by atoms with Gasteiger partial charge in [-0.05, 0) is 20.3 Å². The Morgan fingerprint density at radius 1 is 1.50 bits per heavy atom. The fourth-order valence-electron chi connectivity index (χ4n) is 1.58. The molecule has 1 aliphatic heterocycles. The first-order valence-corrected chi connectivity index (χ1v) is 5.25. The van der Waals surface area contributed by atoms with E-state index in [-0.39, 0.29) is 19.0 Å². The van der Waals surface area contributed by atoms with Crippen LogP contribution in [0.3, 0.4) is 0 Å². The SMILES string of the molecule is CC(C)NC(=O)N1CCC(C(=O)O)CC1=O. The number of hydrogen-bond donors (Lipinski definition) is 2. The van der Waals surface area contributed by atoms with E-state index in [1.807, 2.05) is 0 Å². The van der Waals surface area contributed by atoms with Crippen molar-refractivity contribution >= 4 is 17.9 Å². The van der Waals surface area contributed by atoms with Gasteiger partial charge >= 0.3 is 12.0 Å². The summed E-state index contributed by atoms with van der Waals surface area (Å²) in [7, 11) is 0. The molecular weight excluding hydrogens is 212 g/mol. The number of carbonyl (C=O) groups is 3. The van der Waals surface area contributed by atoms with Gasteiger partial charge in [-0.2, -0.15) is 0 Å². The summed E-state index contributed by atoms with van der Waals surface area (Å²) >= 11 is 0. The fourth-order valence-corrected chi connectivity index (χ4v) is 1.58. The molecule has 90 valence electrons. The van der Waals surface area contributed by atoms with Crippen molar-refractivity contribution < 1.29 is 19.5 Å². The van der Waals surface area contributed by atoms with Crippen LogP contribution in [0.2, 0.25) is 0 Å². The topological polar surface area (TPSA) is 86.7 Å². The monoisotopic (exact) mass is 228 g/mol. The first-order valence-electron chi connectivity index (χ1n) is 5.25. The summed E-state index contributed by atoms with van der Waals surface area (Å²) in [4.78, 5) is 34.8. The minimum absolute atomic E-state index is 0.0440. The van der Waals surface area contributed by atoms with Crippen LogP contribution in [0.25, 0.3) is 0 Å². The molecule has 2 N–H and O–H groups in total. The van der Waals surface area contributed by atoms with Gasteiger partial charge in [-0.15, -0.1) is 0 Å². The molecule has 16 heavy (non-hydrogen) atoms. The van der Waals surface area contributed by atoms with Gasteiger partial charge in [0, 0.05) is 19.0 Å². The third-order valence-electron chi connectivity index (χ3n) is 2.43. The van der Waals surface area contributed by atoms with Gasteiger partial charge < -0.3 is 10.4 Å². The number of carbonyl (C=O) groups excluding carboxylic acids is 2. The maximum atomic E-state index is 11.5. The molecule has 0 radical (unpaired) electrons. The lowest BCUT2D eigenvalue weighted by Gasteiger charge is -2.29. The van der Waals surface area contributed by atoms with E-state index in [4.69, 9.17) is 5.11 Å². The van der Waals surface area contributed by atoms with E-state index in [2.05, 4.69) is 5.32 Å². The Morgan fingerprint density at radius 2 is 2.12 bits per heavy atom. The number of amides is 3. The minimum Gasteiger partial charge on any atom is -0.481 e.